The number of nitrogens with one attached hydrogen (secondary N) is 2. The Hall–Kier alpha value is -2.82. The van der Waals surface area contributed by atoms with Crippen molar-refractivity contribution in [1.29, 1.82) is 0 Å². The third kappa shape index (κ3) is 5.59. The van der Waals surface area contributed by atoms with E-state index in [4.69, 9.17) is 4.74 Å². The van der Waals surface area contributed by atoms with E-state index in [1.54, 1.807) is 24.3 Å². The molecule has 0 heterocycles. The lowest BCUT2D eigenvalue weighted by molar-refractivity contribution is -0.118. The van der Waals surface area contributed by atoms with Crippen LogP contribution in [-0.2, 0) is 11.2 Å². The molecule has 0 unspecified atom stereocenters. The third-order valence-electron chi connectivity index (χ3n) is 5.06. The van der Waals surface area contributed by atoms with Crippen molar-refractivity contribution in [2.75, 3.05) is 11.9 Å². The quantitative estimate of drug-likeness (QED) is 0.751. The molecule has 0 aromatic heterocycles. The zero-order valence-corrected chi connectivity index (χ0v) is 16.4. The van der Waals surface area contributed by atoms with Crippen molar-refractivity contribution in [1.82, 2.24) is 5.32 Å². The van der Waals surface area contributed by atoms with E-state index in [-0.39, 0.29) is 24.5 Å². The molecule has 0 spiro atoms. The van der Waals surface area contributed by atoms with Crippen LogP contribution in [0.15, 0.2) is 48.5 Å². The summed E-state index contributed by atoms with van der Waals surface area (Å²) in [5.74, 6) is 0.233. The van der Waals surface area contributed by atoms with Crippen molar-refractivity contribution < 1.29 is 14.3 Å². The predicted octanol–water partition coefficient (Wildman–Crippen LogP) is 4.33. The largest absolute Gasteiger partial charge is 0.484 e. The maximum absolute atomic E-state index is 12.7. The molecule has 1 saturated carbocycles. The van der Waals surface area contributed by atoms with E-state index in [1.165, 1.54) is 6.42 Å². The molecular formula is C23H28N2O3. The molecule has 1 fully saturated rings. The SMILES string of the molecule is CCc1cccc(OCC(=O)Nc2ccccc2C(=O)NC2CCCCC2)c1. The van der Waals surface area contributed by atoms with Gasteiger partial charge in [-0.15, -0.1) is 0 Å². The molecule has 2 aromatic rings. The summed E-state index contributed by atoms with van der Waals surface area (Å²) in [6.45, 7) is 1.97. The number of ether oxygens (including phenoxy) is 1. The summed E-state index contributed by atoms with van der Waals surface area (Å²) in [7, 11) is 0. The van der Waals surface area contributed by atoms with Crippen molar-refractivity contribution in [2.24, 2.45) is 0 Å². The molecule has 0 atom stereocenters. The van der Waals surface area contributed by atoms with Crippen LogP contribution in [0.4, 0.5) is 5.69 Å². The third-order valence-corrected chi connectivity index (χ3v) is 5.06. The first-order valence-electron chi connectivity index (χ1n) is 10.1. The lowest BCUT2D eigenvalue weighted by Gasteiger charge is -2.23. The average Bonchev–Trinajstić information content (AvgIpc) is 2.73. The maximum Gasteiger partial charge on any atom is 0.262 e. The highest BCUT2D eigenvalue weighted by Crippen LogP contribution is 2.20. The first-order chi connectivity index (χ1) is 13.7. The van der Waals surface area contributed by atoms with Crippen LogP contribution < -0.4 is 15.4 Å². The lowest BCUT2D eigenvalue weighted by atomic mass is 9.95. The highest BCUT2D eigenvalue weighted by Gasteiger charge is 2.19. The van der Waals surface area contributed by atoms with Gasteiger partial charge in [0.1, 0.15) is 5.75 Å². The Labute approximate surface area is 166 Å². The maximum atomic E-state index is 12.7. The van der Waals surface area contributed by atoms with Gasteiger partial charge >= 0.3 is 0 Å². The molecule has 1 aliphatic rings. The summed E-state index contributed by atoms with van der Waals surface area (Å²) in [5, 5.41) is 5.90. The predicted molar refractivity (Wildman–Crippen MR) is 111 cm³/mol. The number of rotatable bonds is 7. The monoisotopic (exact) mass is 380 g/mol. The van der Waals surface area contributed by atoms with E-state index in [2.05, 4.69) is 17.6 Å². The van der Waals surface area contributed by atoms with Crippen LogP contribution in [0.2, 0.25) is 0 Å². The summed E-state index contributed by atoms with van der Waals surface area (Å²) in [4.78, 5) is 25.0. The minimum absolute atomic E-state index is 0.105. The van der Waals surface area contributed by atoms with Gasteiger partial charge in [-0.2, -0.15) is 0 Å². The van der Waals surface area contributed by atoms with Gasteiger partial charge < -0.3 is 15.4 Å². The Morgan fingerprint density at radius 2 is 1.82 bits per heavy atom. The van der Waals surface area contributed by atoms with Gasteiger partial charge in [0.15, 0.2) is 6.61 Å². The number of carbonyl (C=O) groups excluding carboxylic acids is 2. The van der Waals surface area contributed by atoms with Gasteiger partial charge in [-0.3, -0.25) is 9.59 Å². The number of hydrogen-bond donors (Lipinski definition) is 2. The summed E-state index contributed by atoms with van der Waals surface area (Å²) in [6.07, 6.45) is 6.49. The summed E-state index contributed by atoms with van der Waals surface area (Å²) >= 11 is 0. The molecular weight excluding hydrogens is 352 g/mol. The number of aryl methyl sites for hydroxylation is 1. The van der Waals surface area contributed by atoms with Crippen LogP contribution in [0.3, 0.4) is 0 Å². The van der Waals surface area contributed by atoms with Gasteiger partial charge in [0.25, 0.3) is 11.8 Å². The number of anilines is 1. The summed E-state index contributed by atoms with van der Waals surface area (Å²) < 4.78 is 5.59. The first-order valence-corrected chi connectivity index (χ1v) is 10.1. The second-order valence-electron chi connectivity index (χ2n) is 7.19. The Kier molecular flexibility index (Phi) is 7.06. The number of para-hydroxylation sites is 1. The van der Waals surface area contributed by atoms with E-state index >= 15 is 0 Å². The molecule has 2 amide bonds. The van der Waals surface area contributed by atoms with Crippen molar-refractivity contribution >= 4 is 17.5 Å². The molecule has 148 valence electrons. The van der Waals surface area contributed by atoms with E-state index < -0.39 is 0 Å². The number of carbonyl (C=O) groups is 2. The van der Waals surface area contributed by atoms with E-state index in [1.807, 2.05) is 24.3 Å². The first kappa shape index (κ1) is 19.9. The minimum Gasteiger partial charge on any atom is -0.484 e. The molecule has 0 bridgehead atoms. The molecule has 5 nitrogen and oxygen atoms in total. The molecule has 3 rings (SSSR count). The molecule has 5 heteroatoms. The van der Waals surface area contributed by atoms with Gasteiger partial charge in [-0.05, 0) is 49.1 Å². The fourth-order valence-electron chi connectivity index (χ4n) is 3.49. The van der Waals surface area contributed by atoms with Crippen LogP contribution in [-0.4, -0.2) is 24.5 Å². The Morgan fingerprint density at radius 3 is 2.61 bits per heavy atom. The van der Waals surface area contributed by atoms with Crippen LogP contribution in [0.25, 0.3) is 0 Å². The number of benzene rings is 2. The normalized spacial score (nSPS) is 14.3. The van der Waals surface area contributed by atoms with Gasteiger partial charge in [0.2, 0.25) is 0 Å². The number of amides is 2. The standard InChI is InChI=1S/C23H28N2O3/c1-2-17-9-8-12-19(15-17)28-16-22(26)25-21-14-7-6-13-20(21)23(27)24-18-10-4-3-5-11-18/h6-9,12-15,18H,2-5,10-11,16H2,1H3,(H,24,27)(H,25,26). The highest BCUT2D eigenvalue weighted by molar-refractivity contribution is 6.04. The van der Waals surface area contributed by atoms with E-state index in [0.29, 0.717) is 17.0 Å². The molecule has 0 saturated heterocycles. The van der Waals surface area contributed by atoms with Crippen LogP contribution >= 0.6 is 0 Å². The zero-order chi connectivity index (χ0) is 19.8. The smallest absolute Gasteiger partial charge is 0.262 e. The zero-order valence-electron chi connectivity index (χ0n) is 16.4. The molecule has 28 heavy (non-hydrogen) atoms. The Bertz CT molecular complexity index is 813. The van der Waals surface area contributed by atoms with Crippen LogP contribution in [0.5, 0.6) is 5.75 Å². The van der Waals surface area contributed by atoms with Crippen molar-refractivity contribution in [3.63, 3.8) is 0 Å². The van der Waals surface area contributed by atoms with Crippen molar-refractivity contribution in [3.05, 3.63) is 59.7 Å². The second kappa shape index (κ2) is 9.93. The van der Waals surface area contributed by atoms with Gasteiger partial charge in [-0.25, -0.2) is 0 Å². The summed E-state index contributed by atoms with van der Waals surface area (Å²) in [6, 6.07) is 15.0. The van der Waals surface area contributed by atoms with Gasteiger partial charge in [-0.1, -0.05) is 50.5 Å². The topological polar surface area (TPSA) is 67.4 Å². The second-order valence-corrected chi connectivity index (χ2v) is 7.19. The fraction of sp³-hybridized carbons (Fsp3) is 0.391. The highest BCUT2D eigenvalue weighted by atomic mass is 16.5. The van der Waals surface area contributed by atoms with E-state index in [9.17, 15) is 9.59 Å². The Balaban J connectivity index is 1.58. The molecule has 2 aromatic carbocycles. The average molecular weight is 380 g/mol. The van der Waals surface area contributed by atoms with E-state index in [0.717, 1.165) is 37.7 Å². The summed E-state index contributed by atoms with van der Waals surface area (Å²) in [5.41, 5.74) is 2.14. The number of hydrogen-bond acceptors (Lipinski definition) is 3. The molecule has 2 N–H and O–H groups in total. The fourth-order valence-corrected chi connectivity index (χ4v) is 3.49. The van der Waals surface area contributed by atoms with Crippen molar-refractivity contribution in [3.8, 4) is 5.75 Å². The van der Waals surface area contributed by atoms with Crippen molar-refractivity contribution in [2.45, 2.75) is 51.5 Å². The molecule has 0 aliphatic heterocycles. The van der Waals surface area contributed by atoms with Crippen LogP contribution in [0, 0.1) is 0 Å². The lowest BCUT2D eigenvalue weighted by Crippen LogP contribution is -2.36. The Morgan fingerprint density at radius 1 is 1.04 bits per heavy atom. The van der Waals surface area contributed by atoms with Gasteiger partial charge in [0, 0.05) is 6.04 Å². The molecule has 0 radical (unpaired) electrons. The van der Waals surface area contributed by atoms with Gasteiger partial charge in [0.05, 0.1) is 11.3 Å². The van der Waals surface area contributed by atoms with Crippen LogP contribution in [0.1, 0.15) is 54.9 Å². The molecule has 1 aliphatic carbocycles. The minimum atomic E-state index is -0.292.